The first-order valence-electron chi connectivity index (χ1n) is 8.16. The molecule has 2 aliphatic rings. The largest absolute Gasteiger partial charge is 0.494 e. The molecule has 0 bridgehead atoms. The minimum atomic E-state index is -0.197. The van der Waals surface area contributed by atoms with Gasteiger partial charge in [-0.1, -0.05) is 0 Å². The van der Waals surface area contributed by atoms with Crippen LogP contribution in [0.1, 0.15) is 19.8 Å². The highest BCUT2D eigenvalue weighted by Gasteiger charge is 2.30. The Labute approximate surface area is 131 Å². The van der Waals surface area contributed by atoms with Gasteiger partial charge in [0, 0.05) is 38.5 Å². The molecule has 1 aromatic rings. The molecule has 120 valence electrons. The third-order valence-corrected chi connectivity index (χ3v) is 4.31. The summed E-state index contributed by atoms with van der Waals surface area (Å²) in [4.78, 5) is 16.6. The van der Waals surface area contributed by atoms with Crippen LogP contribution in [0, 0.1) is 0 Å². The van der Waals surface area contributed by atoms with Crippen molar-refractivity contribution in [2.24, 2.45) is 0 Å². The summed E-state index contributed by atoms with van der Waals surface area (Å²) in [7, 11) is 0. The van der Waals surface area contributed by atoms with E-state index in [1.807, 2.05) is 24.0 Å². The number of ether oxygens (including phenoxy) is 2. The van der Waals surface area contributed by atoms with Crippen LogP contribution in [-0.4, -0.2) is 56.3 Å². The lowest BCUT2D eigenvalue weighted by atomic mass is 10.2. The molecule has 2 saturated heterocycles. The second kappa shape index (κ2) is 7.01. The van der Waals surface area contributed by atoms with E-state index in [1.165, 1.54) is 5.69 Å². The minimum absolute atomic E-state index is 0.170. The van der Waals surface area contributed by atoms with Crippen molar-refractivity contribution < 1.29 is 14.3 Å². The third kappa shape index (κ3) is 3.35. The summed E-state index contributed by atoms with van der Waals surface area (Å²) >= 11 is 0. The fraction of sp³-hybridized carbons (Fsp3) is 0.588. The van der Waals surface area contributed by atoms with Crippen molar-refractivity contribution in [3.05, 3.63) is 24.3 Å². The topological polar surface area (TPSA) is 42.0 Å². The van der Waals surface area contributed by atoms with Crippen LogP contribution in [0.5, 0.6) is 5.75 Å². The van der Waals surface area contributed by atoms with E-state index >= 15 is 0 Å². The number of piperazine rings is 1. The van der Waals surface area contributed by atoms with Gasteiger partial charge in [-0.05, 0) is 44.0 Å². The molecule has 1 aromatic carbocycles. The average Bonchev–Trinajstić information content (AvgIpc) is 3.10. The van der Waals surface area contributed by atoms with Crippen LogP contribution in [0.4, 0.5) is 5.69 Å². The predicted octanol–water partition coefficient (Wildman–Crippen LogP) is 1.91. The van der Waals surface area contributed by atoms with Crippen LogP contribution in [-0.2, 0) is 9.53 Å². The molecule has 1 atom stereocenters. The van der Waals surface area contributed by atoms with Crippen LogP contribution in [0.3, 0.4) is 0 Å². The van der Waals surface area contributed by atoms with E-state index < -0.39 is 0 Å². The number of hydrogen-bond acceptors (Lipinski definition) is 4. The van der Waals surface area contributed by atoms with Gasteiger partial charge in [0.1, 0.15) is 11.9 Å². The molecule has 0 radical (unpaired) electrons. The van der Waals surface area contributed by atoms with Gasteiger partial charge < -0.3 is 19.3 Å². The van der Waals surface area contributed by atoms with Gasteiger partial charge in [0.05, 0.1) is 6.61 Å². The summed E-state index contributed by atoms with van der Waals surface area (Å²) in [5.74, 6) is 1.07. The van der Waals surface area contributed by atoms with E-state index in [-0.39, 0.29) is 12.0 Å². The zero-order chi connectivity index (χ0) is 15.4. The minimum Gasteiger partial charge on any atom is -0.494 e. The lowest BCUT2D eigenvalue weighted by molar-refractivity contribution is -0.141. The number of carbonyl (C=O) groups is 1. The zero-order valence-corrected chi connectivity index (χ0v) is 13.2. The smallest absolute Gasteiger partial charge is 0.251 e. The van der Waals surface area contributed by atoms with E-state index in [0.717, 1.165) is 51.4 Å². The van der Waals surface area contributed by atoms with Crippen LogP contribution >= 0.6 is 0 Å². The molecule has 2 aliphatic heterocycles. The lowest BCUT2D eigenvalue weighted by Gasteiger charge is -2.37. The van der Waals surface area contributed by atoms with E-state index in [1.54, 1.807) is 0 Å². The molecule has 0 spiro atoms. The number of nitrogens with zero attached hydrogens (tertiary/aromatic N) is 2. The molecular formula is C17H24N2O3. The van der Waals surface area contributed by atoms with Crippen LogP contribution in [0.15, 0.2) is 24.3 Å². The van der Waals surface area contributed by atoms with Gasteiger partial charge in [0.15, 0.2) is 0 Å². The van der Waals surface area contributed by atoms with Gasteiger partial charge in [-0.2, -0.15) is 0 Å². The zero-order valence-electron chi connectivity index (χ0n) is 13.2. The standard InChI is InChI=1S/C17H24N2O3/c1-2-21-15-7-5-14(6-8-15)18-9-11-19(12-10-18)17(20)16-4-3-13-22-16/h5-8,16H,2-4,9-13H2,1H3. The third-order valence-electron chi connectivity index (χ3n) is 4.31. The van der Waals surface area contributed by atoms with Gasteiger partial charge in [0.25, 0.3) is 5.91 Å². The van der Waals surface area contributed by atoms with Crippen molar-refractivity contribution >= 4 is 11.6 Å². The first-order chi connectivity index (χ1) is 10.8. The van der Waals surface area contributed by atoms with Gasteiger partial charge >= 0.3 is 0 Å². The summed E-state index contributed by atoms with van der Waals surface area (Å²) in [5.41, 5.74) is 1.19. The van der Waals surface area contributed by atoms with E-state index in [0.29, 0.717) is 6.61 Å². The Hall–Kier alpha value is -1.75. The molecule has 3 rings (SSSR count). The quantitative estimate of drug-likeness (QED) is 0.852. The average molecular weight is 304 g/mol. The van der Waals surface area contributed by atoms with Crippen molar-refractivity contribution in [1.29, 1.82) is 0 Å². The molecule has 2 heterocycles. The maximum Gasteiger partial charge on any atom is 0.251 e. The first-order valence-corrected chi connectivity index (χ1v) is 8.16. The maximum absolute atomic E-state index is 12.3. The van der Waals surface area contributed by atoms with Gasteiger partial charge in [-0.25, -0.2) is 0 Å². The fourth-order valence-corrected chi connectivity index (χ4v) is 3.08. The Morgan fingerprint density at radius 3 is 2.55 bits per heavy atom. The molecule has 1 unspecified atom stereocenters. The Morgan fingerprint density at radius 1 is 1.23 bits per heavy atom. The Kier molecular flexibility index (Phi) is 4.83. The SMILES string of the molecule is CCOc1ccc(N2CCN(C(=O)C3CCCO3)CC2)cc1. The highest BCUT2D eigenvalue weighted by atomic mass is 16.5. The molecule has 0 saturated carbocycles. The molecule has 1 amide bonds. The number of carbonyl (C=O) groups excluding carboxylic acids is 1. The van der Waals surface area contributed by atoms with Crippen LogP contribution in [0.2, 0.25) is 0 Å². The maximum atomic E-state index is 12.3. The highest BCUT2D eigenvalue weighted by molar-refractivity contribution is 5.81. The second-order valence-corrected chi connectivity index (χ2v) is 5.74. The molecule has 0 N–H and O–H groups in total. The second-order valence-electron chi connectivity index (χ2n) is 5.74. The van der Waals surface area contributed by atoms with Crippen molar-refractivity contribution in [2.75, 3.05) is 44.3 Å². The molecule has 5 nitrogen and oxygen atoms in total. The van der Waals surface area contributed by atoms with E-state index in [2.05, 4.69) is 17.0 Å². The molecular weight excluding hydrogens is 280 g/mol. The normalized spacial score (nSPS) is 22.0. The Morgan fingerprint density at radius 2 is 1.95 bits per heavy atom. The Bertz CT molecular complexity index is 489. The summed E-state index contributed by atoms with van der Waals surface area (Å²) in [6.45, 7) is 6.67. The van der Waals surface area contributed by atoms with Gasteiger partial charge in [-0.15, -0.1) is 0 Å². The van der Waals surface area contributed by atoms with Crippen molar-refractivity contribution in [3.8, 4) is 5.75 Å². The van der Waals surface area contributed by atoms with E-state index in [4.69, 9.17) is 9.47 Å². The van der Waals surface area contributed by atoms with Crippen LogP contribution < -0.4 is 9.64 Å². The monoisotopic (exact) mass is 304 g/mol. The number of hydrogen-bond donors (Lipinski definition) is 0. The van der Waals surface area contributed by atoms with Crippen molar-refractivity contribution in [1.82, 2.24) is 4.90 Å². The highest BCUT2D eigenvalue weighted by Crippen LogP contribution is 2.22. The molecule has 0 aromatic heterocycles. The number of anilines is 1. The Balaban J connectivity index is 1.53. The number of amides is 1. The van der Waals surface area contributed by atoms with Gasteiger partial charge in [0.2, 0.25) is 0 Å². The summed E-state index contributed by atoms with van der Waals surface area (Å²) in [5, 5.41) is 0. The lowest BCUT2D eigenvalue weighted by Crippen LogP contribution is -2.51. The number of benzene rings is 1. The van der Waals surface area contributed by atoms with E-state index in [9.17, 15) is 4.79 Å². The molecule has 2 fully saturated rings. The molecule has 5 heteroatoms. The summed E-state index contributed by atoms with van der Waals surface area (Å²) < 4.78 is 11.0. The van der Waals surface area contributed by atoms with Crippen molar-refractivity contribution in [2.45, 2.75) is 25.9 Å². The van der Waals surface area contributed by atoms with Crippen molar-refractivity contribution in [3.63, 3.8) is 0 Å². The van der Waals surface area contributed by atoms with Crippen LogP contribution in [0.25, 0.3) is 0 Å². The fourth-order valence-electron chi connectivity index (χ4n) is 3.08. The molecule has 0 aliphatic carbocycles. The first kappa shape index (κ1) is 15.2. The van der Waals surface area contributed by atoms with Gasteiger partial charge in [-0.3, -0.25) is 4.79 Å². The summed E-state index contributed by atoms with van der Waals surface area (Å²) in [6, 6.07) is 8.18. The summed E-state index contributed by atoms with van der Waals surface area (Å²) in [6.07, 6.45) is 1.68. The number of rotatable bonds is 4. The molecule has 22 heavy (non-hydrogen) atoms. The predicted molar refractivity (Wildman–Crippen MR) is 85.4 cm³/mol.